The van der Waals surface area contributed by atoms with E-state index in [1.165, 1.54) is 0 Å². The number of nitrogens with zero attached hydrogens (tertiary/aromatic N) is 3. The van der Waals surface area contributed by atoms with Crippen LogP contribution in [0.4, 0.5) is 0 Å². The van der Waals surface area contributed by atoms with Gasteiger partial charge < -0.3 is 15.0 Å². The molecule has 0 spiro atoms. The van der Waals surface area contributed by atoms with Crippen molar-refractivity contribution >= 4 is 31.9 Å². The Morgan fingerprint density at radius 1 is 1.47 bits per heavy atom. The number of hydrogen-bond donors (Lipinski definition) is 1. The van der Waals surface area contributed by atoms with Crippen LogP contribution in [0.1, 0.15) is 5.89 Å². The zero-order valence-electron chi connectivity index (χ0n) is 10.1. The first kappa shape index (κ1) is 14.6. The van der Waals surface area contributed by atoms with Crippen molar-refractivity contribution in [3.05, 3.63) is 27.1 Å². The molecule has 102 valence electrons. The summed E-state index contributed by atoms with van der Waals surface area (Å²) in [6.45, 7) is 0.442. The van der Waals surface area contributed by atoms with Crippen molar-refractivity contribution in [1.29, 1.82) is 0 Å². The van der Waals surface area contributed by atoms with Crippen LogP contribution in [0, 0.1) is 0 Å². The number of hydrogen-bond acceptors (Lipinski definition) is 6. The van der Waals surface area contributed by atoms with Gasteiger partial charge >= 0.3 is 0 Å². The monoisotopic (exact) mass is 390 g/mol. The minimum Gasteiger partial charge on any atom is -0.383 e. The number of methoxy groups -OCH3 is 1. The van der Waals surface area contributed by atoms with Gasteiger partial charge in [0.05, 0.1) is 6.61 Å². The molecule has 2 rings (SSSR count). The van der Waals surface area contributed by atoms with E-state index in [1.54, 1.807) is 13.3 Å². The molecule has 0 aromatic carbocycles. The van der Waals surface area contributed by atoms with Crippen molar-refractivity contribution in [3.8, 4) is 11.5 Å². The van der Waals surface area contributed by atoms with Crippen LogP contribution in [0.3, 0.4) is 0 Å². The van der Waals surface area contributed by atoms with Crippen LogP contribution in [-0.4, -0.2) is 34.9 Å². The van der Waals surface area contributed by atoms with E-state index in [1.807, 2.05) is 6.07 Å². The second-order valence-electron chi connectivity index (χ2n) is 3.92. The van der Waals surface area contributed by atoms with E-state index in [0.29, 0.717) is 30.4 Å². The Bertz CT molecular complexity index is 561. The molecule has 0 radical (unpaired) electrons. The van der Waals surface area contributed by atoms with Gasteiger partial charge in [0, 0.05) is 34.7 Å². The lowest BCUT2D eigenvalue weighted by atomic mass is 10.2. The molecule has 1 atom stereocenters. The normalized spacial score (nSPS) is 12.6. The third kappa shape index (κ3) is 3.82. The van der Waals surface area contributed by atoms with Crippen LogP contribution in [-0.2, 0) is 11.2 Å². The molecule has 0 aliphatic carbocycles. The molecule has 0 bridgehead atoms. The van der Waals surface area contributed by atoms with Crippen molar-refractivity contribution in [2.24, 2.45) is 5.73 Å². The van der Waals surface area contributed by atoms with E-state index in [0.717, 1.165) is 8.95 Å². The summed E-state index contributed by atoms with van der Waals surface area (Å²) in [7, 11) is 1.60. The minimum absolute atomic E-state index is 0.167. The van der Waals surface area contributed by atoms with Crippen molar-refractivity contribution in [3.63, 3.8) is 0 Å². The predicted molar refractivity (Wildman–Crippen MR) is 76.5 cm³/mol. The van der Waals surface area contributed by atoms with Gasteiger partial charge in [0.25, 0.3) is 0 Å². The maximum absolute atomic E-state index is 5.83. The van der Waals surface area contributed by atoms with Crippen LogP contribution in [0.2, 0.25) is 0 Å². The molecular weight excluding hydrogens is 380 g/mol. The summed E-state index contributed by atoms with van der Waals surface area (Å²) >= 11 is 6.75. The highest BCUT2D eigenvalue weighted by Gasteiger charge is 2.15. The summed E-state index contributed by atoms with van der Waals surface area (Å²) in [6.07, 6.45) is 2.14. The standard InChI is InChI=1S/C11H12Br2N4O2/c1-18-5-7(14)3-9-16-11(17-19-9)10-8(13)2-6(12)4-15-10/h2,4,7H,3,5,14H2,1H3. The largest absolute Gasteiger partial charge is 0.383 e. The Balaban J connectivity index is 2.16. The van der Waals surface area contributed by atoms with Gasteiger partial charge in [0.2, 0.25) is 11.7 Å². The predicted octanol–water partition coefficient (Wildman–Crippen LogP) is 2.17. The fourth-order valence-corrected chi connectivity index (χ4v) is 2.68. The van der Waals surface area contributed by atoms with Crippen LogP contribution in [0.15, 0.2) is 25.7 Å². The van der Waals surface area contributed by atoms with Crippen molar-refractivity contribution in [2.45, 2.75) is 12.5 Å². The Labute approximate surface area is 127 Å². The molecule has 0 aliphatic heterocycles. The van der Waals surface area contributed by atoms with Gasteiger partial charge in [-0.05, 0) is 37.9 Å². The lowest BCUT2D eigenvalue weighted by Gasteiger charge is -2.05. The highest BCUT2D eigenvalue weighted by atomic mass is 79.9. The number of pyridine rings is 1. The van der Waals surface area contributed by atoms with Gasteiger partial charge in [-0.15, -0.1) is 0 Å². The summed E-state index contributed by atoms with van der Waals surface area (Å²) in [4.78, 5) is 8.51. The van der Waals surface area contributed by atoms with E-state index in [4.69, 9.17) is 15.0 Å². The molecule has 0 saturated carbocycles. The topological polar surface area (TPSA) is 87.1 Å². The molecule has 6 nitrogen and oxygen atoms in total. The summed E-state index contributed by atoms with van der Waals surface area (Å²) < 4.78 is 11.8. The van der Waals surface area contributed by atoms with Gasteiger partial charge in [0.15, 0.2) is 0 Å². The second-order valence-corrected chi connectivity index (χ2v) is 5.69. The smallest absolute Gasteiger partial charge is 0.228 e. The van der Waals surface area contributed by atoms with Crippen molar-refractivity contribution in [1.82, 2.24) is 15.1 Å². The Morgan fingerprint density at radius 3 is 2.95 bits per heavy atom. The number of halogens is 2. The molecule has 0 fully saturated rings. The summed E-state index contributed by atoms with van der Waals surface area (Å²) in [5.74, 6) is 0.898. The van der Waals surface area contributed by atoms with Gasteiger partial charge in [0.1, 0.15) is 5.69 Å². The lowest BCUT2D eigenvalue weighted by molar-refractivity contribution is 0.176. The first-order chi connectivity index (χ1) is 9.10. The van der Waals surface area contributed by atoms with E-state index in [2.05, 4.69) is 47.0 Å². The molecule has 2 aromatic rings. The number of nitrogens with two attached hydrogens (primary N) is 1. The van der Waals surface area contributed by atoms with Crippen molar-refractivity contribution < 1.29 is 9.26 Å². The molecular formula is C11H12Br2N4O2. The van der Waals surface area contributed by atoms with Gasteiger partial charge in [-0.2, -0.15) is 4.98 Å². The van der Waals surface area contributed by atoms with Gasteiger partial charge in [-0.3, -0.25) is 4.98 Å². The molecule has 2 heterocycles. The van der Waals surface area contributed by atoms with Crippen LogP contribution >= 0.6 is 31.9 Å². The Morgan fingerprint density at radius 2 is 2.26 bits per heavy atom. The Kier molecular flexibility index (Phi) is 5.03. The molecule has 19 heavy (non-hydrogen) atoms. The zero-order valence-corrected chi connectivity index (χ0v) is 13.3. The number of ether oxygens (including phenoxy) is 1. The molecule has 0 saturated heterocycles. The molecule has 8 heteroatoms. The first-order valence-electron chi connectivity index (χ1n) is 5.48. The fourth-order valence-electron chi connectivity index (χ4n) is 1.51. The molecule has 2 N–H and O–H groups in total. The third-order valence-electron chi connectivity index (χ3n) is 2.31. The van der Waals surface area contributed by atoms with Crippen LogP contribution in [0.5, 0.6) is 0 Å². The summed E-state index contributed by atoms with van der Waals surface area (Å²) in [5.41, 5.74) is 6.45. The molecule has 1 unspecified atom stereocenters. The van der Waals surface area contributed by atoms with Crippen LogP contribution in [0.25, 0.3) is 11.5 Å². The summed E-state index contributed by atoms with van der Waals surface area (Å²) in [5, 5.41) is 3.90. The highest BCUT2D eigenvalue weighted by Crippen LogP contribution is 2.26. The average Bonchev–Trinajstić information content (AvgIpc) is 2.77. The molecule has 2 aromatic heterocycles. The quantitative estimate of drug-likeness (QED) is 0.840. The van der Waals surface area contributed by atoms with E-state index in [-0.39, 0.29) is 6.04 Å². The van der Waals surface area contributed by atoms with Gasteiger partial charge in [-0.1, -0.05) is 5.16 Å². The Hall–Kier alpha value is -0.830. The van der Waals surface area contributed by atoms with Crippen LogP contribution < -0.4 is 5.73 Å². The highest BCUT2D eigenvalue weighted by molar-refractivity contribution is 9.11. The molecule has 0 amide bonds. The fraction of sp³-hybridized carbons (Fsp3) is 0.364. The lowest BCUT2D eigenvalue weighted by Crippen LogP contribution is -2.28. The maximum atomic E-state index is 5.83. The van der Waals surface area contributed by atoms with E-state index in [9.17, 15) is 0 Å². The third-order valence-corrected chi connectivity index (χ3v) is 3.34. The maximum Gasteiger partial charge on any atom is 0.228 e. The number of rotatable bonds is 5. The minimum atomic E-state index is -0.167. The molecule has 0 aliphatic rings. The second kappa shape index (κ2) is 6.56. The van der Waals surface area contributed by atoms with E-state index < -0.39 is 0 Å². The SMILES string of the molecule is COCC(N)Cc1nc(-c2ncc(Br)cc2Br)no1. The van der Waals surface area contributed by atoms with Crippen molar-refractivity contribution in [2.75, 3.05) is 13.7 Å². The average molecular weight is 392 g/mol. The van der Waals surface area contributed by atoms with E-state index >= 15 is 0 Å². The first-order valence-corrected chi connectivity index (χ1v) is 7.07. The summed E-state index contributed by atoms with van der Waals surface area (Å²) in [6, 6.07) is 1.70. The number of aromatic nitrogens is 3. The van der Waals surface area contributed by atoms with Gasteiger partial charge in [-0.25, -0.2) is 0 Å². The zero-order chi connectivity index (χ0) is 13.8.